The first-order valence-electron chi connectivity index (χ1n) is 12.1. The molecular formula is C28H32N6O2. The number of carbonyl (C=O) groups excluding carboxylic acids is 1. The van der Waals surface area contributed by atoms with E-state index < -0.39 is 0 Å². The van der Waals surface area contributed by atoms with Crippen LogP contribution in [0.25, 0.3) is 0 Å². The van der Waals surface area contributed by atoms with Gasteiger partial charge in [-0.3, -0.25) is 14.6 Å². The van der Waals surface area contributed by atoms with Gasteiger partial charge in [-0.15, -0.1) is 6.58 Å². The van der Waals surface area contributed by atoms with Crippen molar-refractivity contribution < 1.29 is 9.90 Å². The van der Waals surface area contributed by atoms with Gasteiger partial charge < -0.3 is 15.1 Å². The molecule has 0 aliphatic carbocycles. The number of guanidine groups is 1. The molecule has 0 bridgehead atoms. The summed E-state index contributed by atoms with van der Waals surface area (Å²) >= 11 is 0. The van der Waals surface area contributed by atoms with Crippen molar-refractivity contribution in [1.82, 2.24) is 14.5 Å². The molecule has 5 rings (SSSR count). The van der Waals surface area contributed by atoms with Gasteiger partial charge in [-0.2, -0.15) is 0 Å². The molecular weight excluding hydrogens is 452 g/mol. The van der Waals surface area contributed by atoms with E-state index in [2.05, 4.69) is 23.7 Å². The van der Waals surface area contributed by atoms with Crippen LogP contribution < -0.4 is 4.90 Å². The Bertz CT molecular complexity index is 1310. The van der Waals surface area contributed by atoms with Gasteiger partial charge in [0, 0.05) is 13.1 Å². The molecule has 0 spiro atoms. The number of phenolic OH excluding ortho intramolecular Hbond substituents is 1. The number of aromatic nitrogens is 2. The minimum absolute atomic E-state index is 0.0172. The highest BCUT2D eigenvalue weighted by atomic mass is 16.3. The number of phenols is 1. The topological polar surface area (TPSA) is 97.8 Å². The molecule has 0 saturated heterocycles. The summed E-state index contributed by atoms with van der Waals surface area (Å²) in [6.07, 6.45) is 3.72. The van der Waals surface area contributed by atoms with Crippen molar-refractivity contribution in [2.75, 3.05) is 18.0 Å². The maximum atomic E-state index is 13.6. The summed E-state index contributed by atoms with van der Waals surface area (Å²) in [5.74, 6) is 1.70. The predicted molar refractivity (Wildman–Crippen MR) is 143 cm³/mol. The molecule has 2 aliphatic rings. The number of rotatable bonds is 6. The van der Waals surface area contributed by atoms with Crippen molar-refractivity contribution in [3.8, 4) is 5.75 Å². The summed E-state index contributed by atoms with van der Waals surface area (Å²) in [7, 11) is 0. The molecule has 0 saturated carbocycles. The number of aliphatic imine (C=N–C) groups is 1. The molecule has 0 unspecified atom stereocenters. The summed E-state index contributed by atoms with van der Waals surface area (Å²) in [4.78, 5) is 26.8. The zero-order chi connectivity index (χ0) is 25.8. The van der Waals surface area contributed by atoms with Crippen molar-refractivity contribution in [3.63, 3.8) is 0 Å². The molecule has 2 aliphatic heterocycles. The molecule has 8 heteroatoms. The molecule has 2 aromatic carbocycles. The third-order valence-corrected chi connectivity index (χ3v) is 6.22. The van der Waals surface area contributed by atoms with Crippen molar-refractivity contribution >= 4 is 23.9 Å². The van der Waals surface area contributed by atoms with E-state index in [1.54, 1.807) is 21.6 Å². The van der Waals surface area contributed by atoms with E-state index in [0.717, 1.165) is 17.5 Å². The molecule has 0 radical (unpaired) electrons. The third kappa shape index (κ3) is 4.66. The molecule has 3 aromatic rings. The summed E-state index contributed by atoms with van der Waals surface area (Å²) in [6, 6.07) is 15.6. The largest absolute Gasteiger partial charge is 0.508 e. The maximum Gasteiger partial charge on any atom is 0.281 e. The summed E-state index contributed by atoms with van der Waals surface area (Å²) in [5.41, 5.74) is 3.36. The van der Waals surface area contributed by atoms with Crippen LogP contribution in [0.3, 0.4) is 0 Å². The normalized spacial score (nSPS) is 16.0. The van der Waals surface area contributed by atoms with Crippen LogP contribution in [0, 0.1) is 12.3 Å². The van der Waals surface area contributed by atoms with Gasteiger partial charge in [0.25, 0.3) is 5.91 Å². The number of hydrogen-bond donors (Lipinski definition) is 2. The van der Waals surface area contributed by atoms with Crippen LogP contribution in [0.15, 0.2) is 66.2 Å². The predicted octanol–water partition coefficient (Wildman–Crippen LogP) is 4.40. The Morgan fingerprint density at radius 3 is 2.56 bits per heavy atom. The van der Waals surface area contributed by atoms with Crippen LogP contribution in [-0.2, 0) is 13.0 Å². The number of hydrogen-bond acceptors (Lipinski definition) is 6. The number of amides is 1. The van der Waals surface area contributed by atoms with Crippen molar-refractivity contribution in [3.05, 3.63) is 89.4 Å². The Kier molecular flexibility index (Phi) is 7.33. The first-order valence-corrected chi connectivity index (χ1v) is 12.1. The van der Waals surface area contributed by atoms with Crippen molar-refractivity contribution in [2.45, 2.75) is 39.8 Å². The molecule has 0 fully saturated rings. The summed E-state index contributed by atoms with van der Waals surface area (Å²) in [5, 5.41) is 17.8. The molecule has 1 aromatic heterocycles. The second kappa shape index (κ2) is 10.6. The Labute approximate surface area is 211 Å². The Hall–Kier alpha value is -4.20. The summed E-state index contributed by atoms with van der Waals surface area (Å²) in [6.45, 7) is 10.5. The van der Waals surface area contributed by atoms with E-state index >= 15 is 0 Å². The smallest absolute Gasteiger partial charge is 0.281 e. The van der Waals surface area contributed by atoms with Gasteiger partial charge in [-0.25, -0.2) is 9.98 Å². The highest BCUT2D eigenvalue weighted by Gasteiger charge is 2.43. The lowest BCUT2D eigenvalue weighted by atomic mass is 10.1. The van der Waals surface area contributed by atoms with Crippen LogP contribution in [0.5, 0.6) is 5.75 Å². The number of anilines is 1. The summed E-state index contributed by atoms with van der Waals surface area (Å²) < 4.78 is 1.79. The quantitative estimate of drug-likeness (QED) is 0.400. The van der Waals surface area contributed by atoms with E-state index in [-0.39, 0.29) is 17.7 Å². The average Bonchev–Trinajstić information content (AvgIpc) is 3.44. The van der Waals surface area contributed by atoms with Crippen molar-refractivity contribution in [1.29, 1.82) is 5.41 Å². The minimum Gasteiger partial charge on any atom is -0.508 e. The highest BCUT2D eigenvalue weighted by molar-refractivity contribution is 6.18. The van der Waals surface area contributed by atoms with E-state index in [9.17, 15) is 9.90 Å². The van der Waals surface area contributed by atoms with Crippen LogP contribution in [0.4, 0.5) is 5.82 Å². The van der Waals surface area contributed by atoms with Gasteiger partial charge in [-0.1, -0.05) is 48.5 Å². The first-order chi connectivity index (χ1) is 17.4. The SMILES string of the molecule is C=CC.CCN1C(=O)c2c(nc(C=N)n2Cc2ccc(O)c(C)c2)N2C[C@@H](Cc3ccccc3)N=C12. The number of imidazole rings is 1. The number of nitrogens with zero attached hydrogens (tertiary/aromatic N) is 5. The Morgan fingerprint density at radius 1 is 1.19 bits per heavy atom. The minimum atomic E-state index is -0.154. The molecule has 1 atom stereocenters. The van der Waals surface area contributed by atoms with Crippen LogP contribution in [0.2, 0.25) is 0 Å². The molecule has 186 valence electrons. The van der Waals surface area contributed by atoms with Gasteiger partial charge in [0.2, 0.25) is 5.96 Å². The zero-order valence-corrected chi connectivity index (χ0v) is 21.0. The standard InChI is InChI=1S/C25H26N6O2.C3H6/c1-3-29-24(33)22-23(31-15-19(27-25(29)31)12-17-7-5-4-6-8-17)28-21(13-26)30(22)14-18-9-10-20(32)16(2)11-18;1-3-2/h4-11,13,19,26,32H,3,12,14-15H2,1-2H3;3H,1H2,2H3/t19-;/m1./s1. The second-order valence-corrected chi connectivity index (χ2v) is 8.83. The lowest BCUT2D eigenvalue weighted by Crippen LogP contribution is -2.50. The van der Waals surface area contributed by atoms with Gasteiger partial charge >= 0.3 is 0 Å². The Balaban J connectivity index is 0.000000967. The van der Waals surface area contributed by atoms with Crippen LogP contribution in [0.1, 0.15) is 46.9 Å². The van der Waals surface area contributed by atoms with Crippen LogP contribution >= 0.6 is 0 Å². The number of aromatic hydroxyl groups is 1. The van der Waals surface area contributed by atoms with E-state index in [1.807, 2.05) is 56.0 Å². The molecule has 1 amide bonds. The van der Waals surface area contributed by atoms with E-state index in [0.29, 0.717) is 42.9 Å². The maximum absolute atomic E-state index is 13.6. The van der Waals surface area contributed by atoms with E-state index in [4.69, 9.17) is 10.4 Å². The molecule has 36 heavy (non-hydrogen) atoms. The highest BCUT2D eigenvalue weighted by Crippen LogP contribution is 2.33. The van der Waals surface area contributed by atoms with Gasteiger partial charge in [0.15, 0.2) is 17.3 Å². The third-order valence-electron chi connectivity index (χ3n) is 6.22. The van der Waals surface area contributed by atoms with E-state index in [1.165, 1.54) is 11.8 Å². The monoisotopic (exact) mass is 484 g/mol. The number of fused-ring (bicyclic) bond motifs is 3. The molecule has 8 nitrogen and oxygen atoms in total. The number of benzene rings is 2. The second-order valence-electron chi connectivity index (χ2n) is 8.83. The van der Waals surface area contributed by atoms with Gasteiger partial charge in [0.05, 0.1) is 18.8 Å². The number of nitrogens with one attached hydrogen (secondary N) is 1. The number of carbonyl (C=O) groups is 1. The number of allylic oxidation sites excluding steroid dienone is 1. The fraction of sp³-hybridized carbons (Fsp3) is 0.286. The average molecular weight is 485 g/mol. The Morgan fingerprint density at radius 2 is 1.92 bits per heavy atom. The number of aryl methyl sites for hydroxylation is 1. The van der Waals surface area contributed by atoms with Crippen molar-refractivity contribution in [2.24, 2.45) is 4.99 Å². The van der Waals surface area contributed by atoms with Gasteiger partial charge in [-0.05, 0) is 49.9 Å². The van der Waals surface area contributed by atoms with Gasteiger partial charge in [0.1, 0.15) is 5.75 Å². The lowest BCUT2D eigenvalue weighted by Gasteiger charge is -2.33. The first kappa shape index (κ1) is 24.9. The molecule has 2 N–H and O–H groups in total. The van der Waals surface area contributed by atoms with Crippen LogP contribution in [-0.4, -0.2) is 56.8 Å². The lowest BCUT2D eigenvalue weighted by molar-refractivity contribution is 0.0836. The fourth-order valence-corrected chi connectivity index (χ4v) is 4.59. The zero-order valence-electron chi connectivity index (χ0n) is 21.0. The molecule has 3 heterocycles. The fourth-order valence-electron chi connectivity index (χ4n) is 4.59.